The highest BCUT2D eigenvalue weighted by Crippen LogP contribution is 2.29. The van der Waals surface area contributed by atoms with Crippen LogP contribution in [0.15, 0.2) is 63.7 Å². The van der Waals surface area contributed by atoms with Crippen LogP contribution in [-0.2, 0) is 22.4 Å². The highest BCUT2D eigenvalue weighted by atomic mass is 79.9. The summed E-state index contributed by atoms with van der Waals surface area (Å²) in [6.07, 6.45) is 2.64. The monoisotopic (exact) mass is 410 g/mol. The Morgan fingerprint density at radius 3 is 2.15 bits per heavy atom. The Morgan fingerprint density at radius 1 is 0.846 bits per heavy atom. The molecule has 26 heavy (non-hydrogen) atoms. The van der Waals surface area contributed by atoms with Gasteiger partial charge in [-0.2, -0.15) is 0 Å². The van der Waals surface area contributed by atoms with Gasteiger partial charge in [-0.05, 0) is 41.5 Å². The Kier molecular flexibility index (Phi) is 4.34. The van der Waals surface area contributed by atoms with Crippen LogP contribution in [0.5, 0.6) is 0 Å². The Labute approximate surface area is 158 Å². The predicted molar refractivity (Wildman–Crippen MR) is 103 cm³/mol. The zero-order valence-electron chi connectivity index (χ0n) is 13.7. The molecule has 6 heteroatoms. The third kappa shape index (κ3) is 3.41. The standard InChI is InChI=1S/C12H9NO2.C8H6BrNO/c14-12-7-8-3-4-9(6-10(8)13-12)11-2-1-5-15-11;9-6-2-1-5-3-8(11)10-7(5)4-6/h1-6H,7H2,(H,13,14);1-2,4H,3H2,(H,10,11). The summed E-state index contributed by atoms with van der Waals surface area (Å²) in [4.78, 5) is 22.0. The van der Waals surface area contributed by atoms with E-state index in [0.29, 0.717) is 12.8 Å². The van der Waals surface area contributed by atoms with Crippen LogP contribution in [0.3, 0.4) is 0 Å². The van der Waals surface area contributed by atoms with E-state index in [1.807, 2.05) is 48.5 Å². The SMILES string of the molecule is O=C1Cc2ccc(-c3ccco3)cc2N1.O=C1Cc2ccc(Br)cc2N1. The second-order valence-corrected chi connectivity index (χ2v) is 7.02. The van der Waals surface area contributed by atoms with Crippen molar-refractivity contribution in [3.05, 3.63) is 70.4 Å². The van der Waals surface area contributed by atoms with E-state index in [0.717, 1.165) is 38.3 Å². The van der Waals surface area contributed by atoms with Gasteiger partial charge in [-0.15, -0.1) is 0 Å². The molecule has 0 atom stereocenters. The van der Waals surface area contributed by atoms with Crippen molar-refractivity contribution in [3.63, 3.8) is 0 Å². The van der Waals surface area contributed by atoms with Gasteiger partial charge >= 0.3 is 0 Å². The largest absolute Gasteiger partial charge is 0.464 e. The first-order valence-electron chi connectivity index (χ1n) is 8.13. The molecule has 2 aliphatic heterocycles. The predicted octanol–water partition coefficient (Wildman–Crippen LogP) is 4.38. The van der Waals surface area contributed by atoms with Gasteiger partial charge in [-0.25, -0.2) is 0 Å². The summed E-state index contributed by atoms with van der Waals surface area (Å²) >= 11 is 3.33. The Balaban J connectivity index is 0.000000136. The van der Waals surface area contributed by atoms with Gasteiger partial charge in [0, 0.05) is 21.4 Å². The van der Waals surface area contributed by atoms with Gasteiger partial charge in [-0.3, -0.25) is 9.59 Å². The van der Waals surface area contributed by atoms with E-state index in [9.17, 15) is 9.59 Å². The average molecular weight is 411 g/mol. The van der Waals surface area contributed by atoms with Gasteiger partial charge in [0.15, 0.2) is 0 Å². The quantitative estimate of drug-likeness (QED) is 0.624. The third-order valence-corrected chi connectivity index (χ3v) is 4.73. The lowest BCUT2D eigenvalue weighted by atomic mass is 10.1. The summed E-state index contributed by atoms with van der Waals surface area (Å²) in [6.45, 7) is 0. The molecule has 0 unspecified atom stereocenters. The van der Waals surface area contributed by atoms with Crippen LogP contribution in [0, 0.1) is 0 Å². The number of nitrogens with one attached hydrogen (secondary N) is 2. The minimum atomic E-state index is 0.0570. The lowest BCUT2D eigenvalue weighted by molar-refractivity contribution is -0.115. The lowest BCUT2D eigenvalue weighted by Gasteiger charge is -2.01. The second kappa shape index (κ2) is 6.80. The fourth-order valence-electron chi connectivity index (χ4n) is 3.00. The molecule has 0 saturated heterocycles. The van der Waals surface area contributed by atoms with Crippen molar-refractivity contribution in [2.45, 2.75) is 12.8 Å². The molecule has 2 aliphatic rings. The fraction of sp³-hybridized carbons (Fsp3) is 0.100. The van der Waals surface area contributed by atoms with Gasteiger partial charge in [0.1, 0.15) is 5.76 Å². The Bertz CT molecular complexity index is 996. The molecule has 0 bridgehead atoms. The van der Waals surface area contributed by atoms with Crippen molar-refractivity contribution in [3.8, 4) is 11.3 Å². The summed E-state index contributed by atoms with van der Waals surface area (Å²) < 4.78 is 6.29. The molecule has 2 aromatic carbocycles. The zero-order valence-corrected chi connectivity index (χ0v) is 15.3. The maximum absolute atomic E-state index is 11.2. The van der Waals surface area contributed by atoms with E-state index in [2.05, 4.69) is 26.6 Å². The topological polar surface area (TPSA) is 71.3 Å². The normalized spacial score (nSPS) is 14.0. The zero-order chi connectivity index (χ0) is 18.1. The van der Waals surface area contributed by atoms with Crippen LogP contribution in [0.2, 0.25) is 0 Å². The number of carbonyl (C=O) groups is 2. The minimum absolute atomic E-state index is 0.0570. The van der Waals surface area contributed by atoms with Gasteiger partial charge in [-0.1, -0.05) is 34.1 Å². The number of hydrogen-bond acceptors (Lipinski definition) is 3. The van der Waals surface area contributed by atoms with E-state index < -0.39 is 0 Å². The molecule has 0 fully saturated rings. The molecule has 2 N–H and O–H groups in total. The molecule has 3 heterocycles. The molecule has 2 amide bonds. The summed E-state index contributed by atoms with van der Waals surface area (Å²) in [7, 11) is 0. The highest BCUT2D eigenvalue weighted by Gasteiger charge is 2.18. The maximum Gasteiger partial charge on any atom is 0.228 e. The first-order valence-corrected chi connectivity index (χ1v) is 8.93. The van der Waals surface area contributed by atoms with Crippen molar-refractivity contribution >= 4 is 39.1 Å². The van der Waals surface area contributed by atoms with Crippen molar-refractivity contribution in [2.24, 2.45) is 0 Å². The second-order valence-electron chi connectivity index (χ2n) is 6.10. The van der Waals surface area contributed by atoms with E-state index in [1.165, 1.54) is 0 Å². The molecule has 5 rings (SSSR count). The van der Waals surface area contributed by atoms with E-state index in [4.69, 9.17) is 4.42 Å². The maximum atomic E-state index is 11.2. The Morgan fingerprint density at radius 2 is 1.50 bits per heavy atom. The number of amides is 2. The van der Waals surface area contributed by atoms with Crippen molar-refractivity contribution in [2.75, 3.05) is 10.6 Å². The van der Waals surface area contributed by atoms with Gasteiger partial charge in [0.25, 0.3) is 0 Å². The number of halogens is 1. The molecule has 5 nitrogen and oxygen atoms in total. The van der Waals surface area contributed by atoms with Crippen molar-refractivity contribution < 1.29 is 14.0 Å². The molecular formula is C20H15BrN2O3. The fourth-order valence-corrected chi connectivity index (χ4v) is 3.36. The number of furan rings is 1. The number of hydrogen-bond donors (Lipinski definition) is 2. The molecule has 0 aliphatic carbocycles. The molecule has 0 spiro atoms. The van der Waals surface area contributed by atoms with E-state index in [-0.39, 0.29) is 11.8 Å². The van der Waals surface area contributed by atoms with Crippen molar-refractivity contribution in [1.29, 1.82) is 0 Å². The lowest BCUT2D eigenvalue weighted by Crippen LogP contribution is -2.03. The van der Waals surface area contributed by atoms with Gasteiger partial charge in [0.2, 0.25) is 11.8 Å². The van der Waals surface area contributed by atoms with Crippen LogP contribution in [-0.4, -0.2) is 11.8 Å². The van der Waals surface area contributed by atoms with Crippen LogP contribution in [0.1, 0.15) is 11.1 Å². The smallest absolute Gasteiger partial charge is 0.228 e. The third-order valence-electron chi connectivity index (χ3n) is 4.24. The summed E-state index contributed by atoms with van der Waals surface area (Å²) in [5.74, 6) is 0.957. The van der Waals surface area contributed by atoms with Gasteiger partial charge in [0.05, 0.1) is 19.1 Å². The molecular weight excluding hydrogens is 396 g/mol. The number of carbonyl (C=O) groups excluding carboxylic acids is 2. The summed E-state index contributed by atoms with van der Waals surface area (Å²) in [6, 6.07) is 15.4. The molecule has 1 aromatic heterocycles. The average Bonchev–Trinajstić information content (AvgIpc) is 3.32. The highest BCUT2D eigenvalue weighted by molar-refractivity contribution is 9.10. The number of fused-ring (bicyclic) bond motifs is 2. The first kappa shape index (κ1) is 16.6. The molecule has 0 radical (unpaired) electrons. The van der Waals surface area contributed by atoms with Crippen molar-refractivity contribution in [1.82, 2.24) is 0 Å². The van der Waals surface area contributed by atoms with Crippen LogP contribution >= 0.6 is 15.9 Å². The molecule has 0 saturated carbocycles. The Hall–Kier alpha value is -2.86. The van der Waals surface area contributed by atoms with E-state index >= 15 is 0 Å². The number of anilines is 2. The summed E-state index contributed by atoms with van der Waals surface area (Å²) in [5, 5.41) is 5.59. The van der Waals surface area contributed by atoms with Gasteiger partial charge < -0.3 is 15.1 Å². The van der Waals surface area contributed by atoms with Crippen LogP contribution in [0.25, 0.3) is 11.3 Å². The summed E-state index contributed by atoms with van der Waals surface area (Å²) in [5.41, 5.74) is 4.95. The van der Waals surface area contributed by atoms with E-state index in [1.54, 1.807) is 6.26 Å². The molecule has 3 aromatic rings. The minimum Gasteiger partial charge on any atom is -0.464 e. The molecule has 130 valence electrons. The number of rotatable bonds is 1. The van der Waals surface area contributed by atoms with Crippen LogP contribution in [0.4, 0.5) is 11.4 Å². The van der Waals surface area contributed by atoms with Crippen LogP contribution < -0.4 is 10.6 Å². The number of benzene rings is 2. The first-order chi connectivity index (χ1) is 12.6.